The summed E-state index contributed by atoms with van der Waals surface area (Å²) in [5.41, 5.74) is 1.14. The first-order valence-electron chi connectivity index (χ1n) is 13.3. The van der Waals surface area contributed by atoms with Gasteiger partial charge in [0.15, 0.2) is 5.82 Å². The van der Waals surface area contributed by atoms with Crippen molar-refractivity contribution in [3.8, 4) is 17.1 Å². The molecule has 3 heterocycles. The summed E-state index contributed by atoms with van der Waals surface area (Å²) in [5.74, 6) is -3.67. The van der Waals surface area contributed by atoms with E-state index in [9.17, 15) is 22.4 Å². The molecule has 0 bridgehead atoms. The fourth-order valence-electron chi connectivity index (χ4n) is 4.70. The third kappa shape index (κ3) is 6.62. The van der Waals surface area contributed by atoms with E-state index in [0.717, 1.165) is 6.92 Å². The fourth-order valence-corrected chi connectivity index (χ4v) is 4.70. The van der Waals surface area contributed by atoms with Crippen molar-refractivity contribution >= 4 is 17.3 Å². The molecule has 5 N–H and O–H groups in total. The zero-order valence-electron chi connectivity index (χ0n) is 23.2. The number of alkyl halides is 3. The lowest BCUT2D eigenvalue weighted by Crippen LogP contribution is -2.40. The van der Waals surface area contributed by atoms with Crippen molar-refractivity contribution < 1.29 is 31.5 Å². The van der Waals surface area contributed by atoms with Crippen molar-refractivity contribution in [1.82, 2.24) is 20.6 Å². The first-order chi connectivity index (χ1) is 19.9. The molecule has 3 aromatic rings. The highest BCUT2D eigenvalue weighted by Gasteiger charge is 2.39. The smallest absolute Gasteiger partial charge is 0.417 e. The second-order valence-electron chi connectivity index (χ2n) is 9.88. The van der Waals surface area contributed by atoms with E-state index in [2.05, 4.69) is 25.9 Å². The molecule has 1 aliphatic rings. The SMILES string of the molecule is C/C=C/C1CNC(=O)c2c(nc(-c3cc(N)c(F)c(C)c3C(F)(F)F)c(F)c2NCc2ccncc2)O[C@@H](C)CCN1. The Bertz CT molecular complexity index is 1480. The van der Waals surface area contributed by atoms with Gasteiger partial charge >= 0.3 is 6.18 Å². The van der Waals surface area contributed by atoms with E-state index in [1.807, 2.05) is 19.1 Å². The molecule has 8 nitrogen and oxygen atoms in total. The summed E-state index contributed by atoms with van der Waals surface area (Å²) in [5, 5.41) is 8.86. The van der Waals surface area contributed by atoms with Gasteiger partial charge in [0, 0.05) is 37.1 Å². The lowest BCUT2D eigenvalue weighted by atomic mass is 9.95. The van der Waals surface area contributed by atoms with Crippen LogP contribution in [0.15, 0.2) is 42.7 Å². The first-order valence-corrected chi connectivity index (χ1v) is 13.3. The zero-order chi connectivity index (χ0) is 30.6. The second kappa shape index (κ2) is 12.7. The van der Waals surface area contributed by atoms with E-state index >= 15 is 4.39 Å². The Morgan fingerprint density at radius 2 is 1.93 bits per heavy atom. The highest BCUT2D eigenvalue weighted by Crippen LogP contribution is 2.44. The Balaban J connectivity index is 1.98. The summed E-state index contributed by atoms with van der Waals surface area (Å²) in [6.45, 7) is 5.03. The van der Waals surface area contributed by atoms with Crippen LogP contribution in [-0.2, 0) is 12.7 Å². The van der Waals surface area contributed by atoms with Crippen LogP contribution in [0.1, 0.15) is 47.3 Å². The molecule has 0 fully saturated rings. The Morgan fingerprint density at radius 1 is 1.21 bits per heavy atom. The molecule has 13 heteroatoms. The Kier molecular flexibility index (Phi) is 9.30. The van der Waals surface area contributed by atoms with Crippen LogP contribution >= 0.6 is 0 Å². The number of nitrogen functional groups attached to an aromatic ring is 1. The minimum atomic E-state index is -5.08. The topological polar surface area (TPSA) is 114 Å². The Morgan fingerprint density at radius 3 is 2.60 bits per heavy atom. The van der Waals surface area contributed by atoms with Crippen LogP contribution in [0.3, 0.4) is 0 Å². The standard InChI is InChI=1S/C29H31F5N6O2/c1-4-5-18-14-39-27(41)21-26(38-13-17-7-9-36-10-8-17)24(31)25(40-28(21)42-15(2)6-11-37-18)19-12-20(35)23(30)16(3)22(19)29(32,33)34/h4-5,7-10,12,15,18,37H,6,11,13-14,35H2,1-3H3,(H,38,40)(H,39,41)/b5-4+/t15-,18?/m0/s1. The quantitative estimate of drug-likeness (QED) is 0.179. The maximum absolute atomic E-state index is 16.4. The van der Waals surface area contributed by atoms with Crippen LogP contribution < -0.4 is 26.4 Å². The molecule has 0 radical (unpaired) electrons. The first kappa shape index (κ1) is 30.7. The monoisotopic (exact) mass is 590 g/mol. The molecule has 1 unspecified atom stereocenters. The van der Waals surface area contributed by atoms with Crippen molar-refractivity contribution in [3.63, 3.8) is 0 Å². The van der Waals surface area contributed by atoms with Crippen LogP contribution in [0.2, 0.25) is 0 Å². The predicted octanol–water partition coefficient (Wildman–Crippen LogP) is 5.38. The summed E-state index contributed by atoms with van der Waals surface area (Å²) >= 11 is 0. The molecule has 1 aromatic carbocycles. The molecule has 2 atom stereocenters. The number of nitrogens with two attached hydrogens (primary N) is 1. The zero-order valence-corrected chi connectivity index (χ0v) is 23.2. The number of carbonyl (C=O) groups excluding carboxylic acids is 1. The largest absolute Gasteiger partial charge is 0.474 e. The van der Waals surface area contributed by atoms with Crippen LogP contribution in [0.25, 0.3) is 11.3 Å². The maximum atomic E-state index is 16.4. The van der Waals surface area contributed by atoms with Crippen LogP contribution in [0, 0.1) is 18.6 Å². The molecule has 4 rings (SSSR count). The van der Waals surface area contributed by atoms with E-state index in [4.69, 9.17) is 10.5 Å². The molecule has 0 saturated heterocycles. The number of allylic oxidation sites excluding steroid dienone is 1. The van der Waals surface area contributed by atoms with Crippen molar-refractivity contribution in [2.75, 3.05) is 24.1 Å². The maximum Gasteiger partial charge on any atom is 0.417 e. The molecule has 224 valence electrons. The van der Waals surface area contributed by atoms with E-state index in [-0.39, 0.29) is 30.6 Å². The lowest BCUT2D eigenvalue weighted by molar-refractivity contribution is -0.137. The fraction of sp³-hybridized carbons (Fsp3) is 0.345. The van der Waals surface area contributed by atoms with E-state index in [1.54, 1.807) is 19.1 Å². The molecule has 1 amide bonds. The number of hydrogen-bond acceptors (Lipinski definition) is 7. The van der Waals surface area contributed by atoms with Crippen LogP contribution in [0.5, 0.6) is 5.88 Å². The normalized spacial score (nSPS) is 18.1. The molecule has 1 aliphatic heterocycles. The summed E-state index contributed by atoms with van der Waals surface area (Å²) in [6.07, 6.45) is 1.48. The number of anilines is 2. The molecular weight excluding hydrogens is 559 g/mol. The van der Waals surface area contributed by atoms with Gasteiger partial charge < -0.3 is 26.4 Å². The average molecular weight is 591 g/mol. The van der Waals surface area contributed by atoms with E-state index in [0.29, 0.717) is 24.6 Å². The minimum Gasteiger partial charge on any atom is -0.474 e. The van der Waals surface area contributed by atoms with Gasteiger partial charge in [-0.05, 0) is 63.1 Å². The number of halogens is 5. The number of aromatic nitrogens is 2. The van der Waals surface area contributed by atoms with Gasteiger partial charge in [0.2, 0.25) is 5.88 Å². The number of benzene rings is 1. The summed E-state index contributed by atoms with van der Waals surface area (Å²) in [7, 11) is 0. The van der Waals surface area contributed by atoms with Gasteiger partial charge in [0.25, 0.3) is 5.91 Å². The van der Waals surface area contributed by atoms with Gasteiger partial charge in [-0.15, -0.1) is 0 Å². The average Bonchev–Trinajstić information content (AvgIpc) is 2.95. The number of amides is 1. The van der Waals surface area contributed by atoms with Crippen molar-refractivity contribution in [2.45, 2.75) is 52.1 Å². The van der Waals surface area contributed by atoms with Crippen molar-refractivity contribution in [1.29, 1.82) is 0 Å². The number of nitrogens with zero attached hydrogens (tertiary/aromatic N) is 2. The summed E-state index contributed by atoms with van der Waals surface area (Å²) in [6, 6.07) is 3.75. The van der Waals surface area contributed by atoms with Gasteiger partial charge in [0.1, 0.15) is 17.1 Å². The highest BCUT2D eigenvalue weighted by atomic mass is 19.4. The molecule has 0 spiro atoms. The van der Waals surface area contributed by atoms with Crippen LogP contribution in [-0.4, -0.2) is 41.1 Å². The number of carbonyl (C=O) groups is 1. The number of hydrogen-bond donors (Lipinski definition) is 4. The van der Waals surface area contributed by atoms with E-state index in [1.165, 1.54) is 12.4 Å². The number of fused-ring (bicyclic) bond motifs is 1. The molecule has 0 saturated carbocycles. The molecule has 2 aromatic heterocycles. The van der Waals surface area contributed by atoms with Crippen LogP contribution in [0.4, 0.5) is 33.3 Å². The lowest BCUT2D eigenvalue weighted by Gasteiger charge is -2.23. The Hall–Kier alpha value is -4.26. The predicted molar refractivity (Wildman–Crippen MR) is 149 cm³/mol. The third-order valence-electron chi connectivity index (χ3n) is 6.79. The summed E-state index contributed by atoms with van der Waals surface area (Å²) < 4.78 is 79.7. The second-order valence-corrected chi connectivity index (χ2v) is 9.88. The van der Waals surface area contributed by atoms with Gasteiger partial charge in [-0.2, -0.15) is 13.2 Å². The number of ether oxygens (including phenoxy) is 1. The minimum absolute atomic E-state index is 0.0162. The molecular formula is C29H31F5N6O2. The van der Waals surface area contributed by atoms with Crippen molar-refractivity contribution in [2.24, 2.45) is 0 Å². The number of nitrogens with one attached hydrogen (secondary N) is 3. The highest BCUT2D eigenvalue weighted by molar-refractivity contribution is 6.03. The Labute approximate surface area is 239 Å². The number of rotatable bonds is 5. The van der Waals surface area contributed by atoms with Gasteiger partial charge in [-0.3, -0.25) is 9.78 Å². The summed E-state index contributed by atoms with van der Waals surface area (Å²) in [4.78, 5) is 21.6. The van der Waals surface area contributed by atoms with Crippen molar-refractivity contribution in [3.05, 3.63) is 76.6 Å². The third-order valence-corrected chi connectivity index (χ3v) is 6.79. The van der Waals surface area contributed by atoms with Gasteiger partial charge in [-0.1, -0.05) is 12.2 Å². The molecule has 42 heavy (non-hydrogen) atoms. The number of pyridine rings is 2. The van der Waals surface area contributed by atoms with Gasteiger partial charge in [-0.25, -0.2) is 13.8 Å². The van der Waals surface area contributed by atoms with Gasteiger partial charge in [0.05, 0.1) is 23.0 Å². The molecule has 0 aliphatic carbocycles. The van der Waals surface area contributed by atoms with E-state index < -0.39 is 63.6 Å².